The number of nitrogens with zero attached hydrogens (tertiary/aromatic N) is 1. The molecule has 1 saturated carbocycles. The second-order valence-electron chi connectivity index (χ2n) is 5.87. The zero-order valence-electron chi connectivity index (χ0n) is 12.9. The minimum absolute atomic E-state index is 0.0573. The molecule has 0 unspecified atom stereocenters. The predicted molar refractivity (Wildman–Crippen MR) is 76.7 cm³/mol. The van der Waals surface area contributed by atoms with E-state index in [0.717, 1.165) is 10.5 Å². The van der Waals surface area contributed by atoms with Crippen LogP contribution in [0.4, 0.5) is 13.2 Å². The SMILES string of the molecule is COc1ccccc1[C@@H]1C[C@H]1C(=O)N(CC(F)(F)F)C(C)C. The summed E-state index contributed by atoms with van der Waals surface area (Å²) in [5.74, 6) is -0.197. The summed E-state index contributed by atoms with van der Waals surface area (Å²) >= 11 is 0. The molecule has 1 aliphatic rings. The fraction of sp³-hybridized carbons (Fsp3) is 0.562. The Labute approximate surface area is 128 Å². The van der Waals surface area contributed by atoms with Crippen LogP contribution < -0.4 is 4.74 Å². The maximum atomic E-state index is 12.6. The largest absolute Gasteiger partial charge is 0.496 e. The number of carbonyl (C=O) groups is 1. The van der Waals surface area contributed by atoms with E-state index in [-0.39, 0.29) is 11.8 Å². The van der Waals surface area contributed by atoms with E-state index in [1.54, 1.807) is 27.0 Å². The van der Waals surface area contributed by atoms with Crippen LogP contribution in [0, 0.1) is 5.92 Å². The van der Waals surface area contributed by atoms with Gasteiger partial charge in [0.25, 0.3) is 0 Å². The monoisotopic (exact) mass is 315 g/mol. The molecule has 0 aliphatic heterocycles. The summed E-state index contributed by atoms with van der Waals surface area (Å²) in [6.45, 7) is 2.01. The second-order valence-corrected chi connectivity index (χ2v) is 5.87. The predicted octanol–water partition coefficient (Wildman–Crippen LogP) is 3.60. The normalized spacial score (nSPS) is 20.9. The fourth-order valence-corrected chi connectivity index (χ4v) is 2.71. The third-order valence-corrected chi connectivity index (χ3v) is 3.90. The molecule has 22 heavy (non-hydrogen) atoms. The first-order valence-corrected chi connectivity index (χ1v) is 7.24. The number of hydrogen-bond acceptors (Lipinski definition) is 2. The van der Waals surface area contributed by atoms with E-state index in [4.69, 9.17) is 4.74 Å². The van der Waals surface area contributed by atoms with Crippen molar-refractivity contribution in [2.45, 2.75) is 38.4 Å². The Morgan fingerprint density at radius 1 is 1.36 bits per heavy atom. The Morgan fingerprint density at radius 3 is 2.55 bits per heavy atom. The minimum Gasteiger partial charge on any atom is -0.496 e. The molecule has 0 aromatic heterocycles. The van der Waals surface area contributed by atoms with Gasteiger partial charge in [-0.3, -0.25) is 4.79 Å². The van der Waals surface area contributed by atoms with E-state index in [0.29, 0.717) is 12.2 Å². The number of hydrogen-bond donors (Lipinski definition) is 0. The van der Waals surface area contributed by atoms with Crippen LogP contribution in [0.1, 0.15) is 31.7 Å². The average molecular weight is 315 g/mol. The number of amides is 1. The van der Waals surface area contributed by atoms with Gasteiger partial charge in [0.15, 0.2) is 0 Å². The summed E-state index contributed by atoms with van der Waals surface area (Å²) in [5.41, 5.74) is 0.888. The van der Waals surface area contributed by atoms with Crippen LogP contribution in [0.5, 0.6) is 5.75 Å². The molecule has 0 saturated heterocycles. The molecule has 1 amide bonds. The van der Waals surface area contributed by atoms with Gasteiger partial charge in [-0.15, -0.1) is 0 Å². The molecule has 2 atom stereocenters. The lowest BCUT2D eigenvalue weighted by Crippen LogP contribution is -2.44. The summed E-state index contributed by atoms with van der Waals surface area (Å²) in [4.78, 5) is 13.3. The van der Waals surface area contributed by atoms with Crippen molar-refractivity contribution in [2.24, 2.45) is 5.92 Å². The van der Waals surface area contributed by atoms with E-state index in [9.17, 15) is 18.0 Å². The molecule has 0 radical (unpaired) electrons. The van der Waals surface area contributed by atoms with Crippen LogP contribution in [-0.4, -0.2) is 36.7 Å². The topological polar surface area (TPSA) is 29.5 Å². The number of halogens is 3. The third-order valence-electron chi connectivity index (χ3n) is 3.90. The summed E-state index contributed by atoms with van der Waals surface area (Å²) in [6, 6.07) is 6.85. The highest BCUT2D eigenvalue weighted by Gasteiger charge is 2.48. The molecule has 0 bridgehead atoms. The molecule has 0 spiro atoms. The van der Waals surface area contributed by atoms with Gasteiger partial charge in [-0.1, -0.05) is 18.2 Å². The number of rotatable bonds is 5. The summed E-state index contributed by atoms with van der Waals surface area (Å²) in [7, 11) is 1.54. The van der Waals surface area contributed by atoms with E-state index in [1.165, 1.54) is 0 Å². The molecule has 122 valence electrons. The standard InChI is InChI=1S/C16H20F3NO2/c1-10(2)20(9-16(17,18)19)15(21)13-8-12(13)11-6-4-5-7-14(11)22-3/h4-7,10,12-13H,8-9H2,1-3H3/t12-,13+/m0/s1. The molecule has 0 heterocycles. The zero-order valence-corrected chi connectivity index (χ0v) is 12.9. The van der Waals surface area contributed by atoms with E-state index < -0.39 is 24.7 Å². The smallest absolute Gasteiger partial charge is 0.406 e. The van der Waals surface area contributed by atoms with Gasteiger partial charge in [0.05, 0.1) is 7.11 Å². The average Bonchev–Trinajstić information content (AvgIpc) is 3.23. The van der Waals surface area contributed by atoms with E-state index >= 15 is 0 Å². The van der Waals surface area contributed by atoms with Crippen molar-refractivity contribution in [3.05, 3.63) is 29.8 Å². The number of para-hydroxylation sites is 1. The Morgan fingerprint density at radius 2 is 2.00 bits per heavy atom. The van der Waals surface area contributed by atoms with Crippen molar-refractivity contribution in [1.29, 1.82) is 0 Å². The first-order chi connectivity index (χ1) is 10.2. The highest BCUT2D eigenvalue weighted by Crippen LogP contribution is 2.51. The van der Waals surface area contributed by atoms with E-state index in [2.05, 4.69) is 0 Å². The fourth-order valence-electron chi connectivity index (χ4n) is 2.71. The molecule has 1 aliphatic carbocycles. The molecule has 0 N–H and O–H groups in total. The van der Waals surface area contributed by atoms with Gasteiger partial charge < -0.3 is 9.64 Å². The molecular weight excluding hydrogens is 295 g/mol. The molecule has 1 aromatic rings. The summed E-state index contributed by atoms with van der Waals surface area (Å²) < 4.78 is 43.2. The molecular formula is C16H20F3NO2. The number of methoxy groups -OCH3 is 1. The van der Waals surface area contributed by atoms with Crippen molar-refractivity contribution in [3.63, 3.8) is 0 Å². The van der Waals surface area contributed by atoms with Crippen molar-refractivity contribution in [2.75, 3.05) is 13.7 Å². The van der Waals surface area contributed by atoms with Crippen molar-refractivity contribution < 1.29 is 22.7 Å². The van der Waals surface area contributed by atoms with Crippen molar-refractivity contribution >= 4 is 5.91 Å². The van der Waals surface area contributed by atoms with Crippen LogP contribution in [0.15, 0.2) is 24.3 Å². The first kappa shape index (κ1) is 16.6. The molecule has 1 aromatic carbocycles. The second kappa shape index (κ2) is 6.18. The number of benzene rings is 1. The minimum atomic E-state index is -4.38. The maximum absolute atomic E-state index is 12.6. The Kier molecular flexibility index (Phi) is 4.68. The van der Waals surface area contributed by atoms with Gasteiger partial charge >= 0.3 is 6.18 Å². The van der Waals surface area contributed by atoms with Crippen molar-refractivity contribution in [1.82, 2.24) is 4.90 Å². The van der Waals surface area contributed by atoms with E-state index in [1.807, 2.05) is 18.2 Å². The van der Waals surface area contributed by atoms with Crippen LogP contribution in [0.2, 0.25) is 0 Å². The number of carbonyl (C=O) groups excluding carboxylic acids is 1. The van der Waals surface area contributed by atoms with Crippen LogP contribution >= 0.6 is 0 Å². The van der Waals surface area contributed by atoms with Crippen LogP contribution in [0.3, 0.4) is 0 Å². The zero-order chi connectivity index (χ0) is 16.5. The molecule has 1 fully saturated rings. The number of ether oxygens (including phenoxy) is 1. The Balaban J connectivity index is 2.11. The third kappa shape index (κ3) is 3.72. The van der Waals surface area contributed by atoms with Gasteiger partial charge in [0.2, 0.25) is 5.91 Å². The summed E-state index contributed by atoms with van der Waals surface area (Å²) in [5, 5.41) is 0. The lowest BCUT2D eigenvalue weighted by atomic mass is 10.1. The lowest BCUT2D eigenvalue weighted by molar-refractivity contribution is -0.165. The maximum Gasteiger partial charge on any atom is 0.406 e. The van der Waals surface area contributed by atoms with Gasteiger partial charge in [-0.25, -0.2) is 0 Å². The van der Waals surface area contributed by atoms with Crippen LogP contribution in [0.25, 0.3) is 0 Å². The first-order valence-electron chi connectivity index (χ1n) is 7.24. The van der Waals surface area contributed by atoms with Gasteiger partial charge in [0.1, 0.15) is 12.3 Å². The molecule has 6 heteroatoms. The molecule has 2 rings (SSSR count). The quantitative estimate of drug-likeness (QED) is 0.831. The highest BCUT2D eigenvalue weighted by molar-refractivity contribution is 5.83. The van der Waals surface area contributed by atoms with Crippen molar-refractivity contribution in [3.8, 4) is 5.75 Å². The van der Waals surface area contributed by atoms with Crippen LogP contribution in [-0.2, 0) is 4.79 Å². The van der Waals surface area contributed by atoms with Gasteiger partial charge in [0, 0.05) is 12.0 Å². The number of alkyl halides is 3. The summed E-state index contributed by atoms with van der Waals surface area (Å²) in [6.07, 6.45) is -3.81. The lowest BCUT2D eigenvalue weighted by Gasteiger charge is -2.28. The van der Waals surface area contributed by atoms with Gasteiger partial charge in [-0.2, -0.15) is 13.2 Å². The molecule has 3 nitrogen and oxygen atoms in total. The highest BCUT2D eigenvalue weighted by atomic mass is 19.4. The Hall–Kier alpha value is -1.72. The Bertz CT molecular complexity index is 542. The van der Waals surface area contributed by atoms with Gasteiger partial charge in [-0.05, 0) is 37.8 Å².